The van der Waals surface area contributed by atoms with Gasteiger partial charge in [0.1, 0.15) is 0 Å². The highest BCUT2D eigenvalue weighted by Crippen LogP contribution is 2.25. The minimum Gasteiger partial charge on any atom is -0.326 e. The molecule has 2 rings (SSSR count). The summed E-state index contributed by atoms with van der Waals surface area (Å²) in [5.41, 5.74) is 5.90. The lowest BCUT2D eigenvalue weighted by molar-refractivity contribution is 0.226. The van der Waals surface area contributed by atoms with Crippen LogP contribution in [0.1, 0.15) is 26.2 Å². The van der Waals surface area contributed by atoms with Gasteiger partial charge in [0, 0.05) is 25.7 Å². The molecule has 19 heavy (non-hydrogen) atoms. The molecule has 0 bridgehead atoms. The summed E-state index contributed by atoms with van der Waals surface area (Å²) in [5, 5.41) is 7.43. The van der Waals surface area contributed by atoms with Gasteiger partial charge in [0.25, 0.3) is 10.0 Å². The van der Waals surface area contributed by atoms with Gasteiger partial charge in [-0.05, 0) is 19.8 Å². The van der Waals surface area contributed by atoms with E-state index in [1.54, 1.807) is 7.05 Å². The zero-order valence-corrected chi connectivity index (χ0v) is 12.7. The van der Waals surface area contributed by atoms with E-state index in [2.05, 4.69) is 10.3 Å². The largest absolute Gasteiger partial charge is 0.326 e. The Bertz CT molecular complexity index is 516. The number of hydrogen-bond acceptors (Lipinski definition) is 5. The summed E-state index contributed by atoms with van der Waals surface area (Å²) >= 11 is 0. The molecule has 9 heteroatoms. The van der Waals surface area contributed by atoms with Crippen molar-refractivity contribution in [3.63, 3.8) is 0 Å². The molecule has 0 amide bonds. The summed E-state index contributed by atoms with van der Waals surface area (Å²) in [6.07, 6.45) is 3.97. The molecule has 1 aromatic heterocycles. The van der Waals surface area contributed by atoms with Crippen LogP contribution in [0, 0.1) is 0 Å². The van der Waals surface area contributed by atoms with Gasteiger partial charge in [-0.2, -0.15) is 4.31 Å². The summed E-state index contributed by atoms with van der Waals surface area (Å²) in [6.45, 7) is 2.36. The van der Waals surface area contributed by atoms with E-state index in [0.29, 0.717) is 6.54 Å². The van der Waals surface area contributed by atoms with E-state index in [4.69, 9.17) is 5.73 Å². The molecule has 1 aromatic rings. The molecule has 0 spiro atoms. The van der Waals surface area contributed by atoms with Crippen LogP contribution in [0.3, 0.4) is 0 Å². The molecule has 1 aliphatic heterocycles. The number of nitrogens with zero attached hydrogens (tertiary/aromatic N) is 4. The molecule has 1 aliphatic rings. The van der Waals surface area contributed by atoms with Gasteiger partial charge >= 0.3 is 0 Å². The molecule has 0 aromatic carbocycles. The molecule has 7 nitrogen and oxygen atoms in total. The predicted octanol–water partition coefficient (Wildman–Crippen LogP) is 0.127. The Morgan fingerprint density at radius 3 is 2.68 bits per heavy atom. The van der Waals surface area contributed by atoms with Crippen LogP contribution in [0.15, 0.2) is 11.2 Å². The van der Waals surface area contributed by atoms with Crippen LogP contribution < -0.4 is 5.73 Å². The van der Waals surface area contributed by atoms with Crippen molar-refractivity contribution in [2.24, 2.45) is 12.8 Å². The maximum atomic E-state index is 12.6. The smallest absolute Gasteiger partial charge is 0.262 e. The van der Waals surface area contributed by atoms with Gasteiger partial charge < -0.3 is 5.73 Å². The average molecular weight is 310 g/mol. The Morgan fingerprint density at radius 2 is 2.16 bits per heavy atom. The van der Waals surface area contributed by atoms with Crippen LogP contribution in [0.2, 0.25) is 0 Å². The maximum Gasteiger partial charge on any atom is 0.262 e. The average Bonchev–Trinajstić information content (AvgIpc) is 2.76. The number of halogens is 1. The summed E-state index contributed by atoms with van der Waals surface area (Å²) in [6, 6.07) is -0.320. The maximum absolute atomic E-state index is 12.6. The zero-order chi connectivity index (χ0) is 13.3. The number of aryl methyl sites for hydroxylation is 1. The molecular weight excluding hydrogens is 290 g/mol. The van der Waals surface area contributed by atoms with Gasteiger partial charge in [-0.3, -0.25) is 0 Å². The highest BCUT2D eigenvalue weighted by Gasteiger charge is 2.36. The quantitative estimate of drug-likeness (QED) is 0.856. The van der Waals surface area contributed by atoms with Crippen molar-refractivity contribution in [3.05, 3.63) is 6.20 Å². The van der Waals surface area contributed by atoms with Gasteiger partial charge in [0.05, 0.1) is 6.20 Å². The topological polar surface area (TPSA) is 94.1 Å². The van der Waals surface area contributed by atoms with Crippen molar-refractivity contribution in [1.82, 2.24) is 19.3 Å². The number of rotatable bonds is 3. The summed E-state index contributed by atoms with van der Waals surface area (Å²) in [4.78, 5) is 0. The van der Waals surface area contributed by atoms with E-state index in [1.165, 1.54) is 15.2 Å². The first-order chi connectivity index (χ1) is 8.44. The first kappa shape index (κ1) is 16.4. The molecule has 110 valence electrons. The van der Waals surface area contributed by atoms with E-state index < -0.39 is 10.0 Å². The Balaban J connectivity index is 0.00000180. The van der Waals surface area contributed by atoms with Crippen LogP contribution >= 0.6 is 12.4 Å². The van der Waals surface area contributed by atoms with Crippen molar-refractivity contribution in [3.8, 4) is 0 Å². The van der Waals surface area contributed by atoms with Crippen LogP contribution in [-0.2, 0) is 17.1 Å². The Hall–Kier alpha value is -0.700. The third-order valence-corrected chi connectivity index (χ3v) is 5.32. The summed E-state index contributed by atoms with van der Waals surface area (Å²) < 4.78 is 27.9. The van der Waals surface area contributed by atoms with Crippen molar-refractivity contribution in [1.29, 1.82) is 0 Å². The number of sulfonamides is 1. The molecule has 0 saturated carbocycles. The summed E-state index contributed by atoms with van der Waals surface area (Å²) in [5.74, 6) is 0. The van der Waals surface area contributed by atoms with Gasteiger partial charge in [-0.1, -0.05) is 11.6 Å². The van der Waals surface area contributed by atoms with Crippen LogP contribution in [0.4, 0.5) is 0 Å². The van der Waals surface area contributed by atoms with Gasteiger partial charge in [-0.15, -0.1) is 17.5 Å². The van der Waals surface area contributed by atoms with E-state index in [0.717, 1.165) is 19.3 Å². The third kappa shape index (κ3) is 3.07. The van der Waals surface area contributed by atoms with Gasteiger partial charge in [-0.25, -0.2) is 13.1 Å². The highest BCUT2D eigenvalue weighted by atomic mass is 35.5. The SMILES string of the molecule is CC(N)C1CCCCN1S(=O)(=O)c1cnnn1C.Cl. The fourth-order valence-electron chi connectivity index (χ4n) is 2.39. The molecule has 2 N–H and O–H groups in total. The Morgan fingerprint density at radius 1 is 1.47 bits per heavy atom. The number of piperidine rings is 1. The highest BCUT2D eigenvalue weighted by molar-refractivity contribution is 7.89. The number of aromatic nitrogens is 3. The molecule has 1 fully saturated rings. The standard InChI is InChI=1S/C10H19N5O2S.ClH/c1-8(11)9-5-3-4-6-15(9)18(16,17)10-7-12-13-14(10)2;/h7-9H,3-6,11H2,1-2H3;1H. The van der Waals surface area contributed by atoms with Crippen molar-refractivity contribution < 1.29 is 8.42 Å². The molecule has 2 unspecified atom stereocenters. The normalized spacial score (nSPS) is 22.8. The molecule has 0 radical (unpaired) electrons. The molecule has 1 saturated heterocycles. The zero-order valence-electron chi connectivity index (χ0n) is 11.1. The van der Waals surface area contributed by atoms with Crippen LogP contribution in [0.5, 0.6) is 0 Å². The predicted molar refractivity (Wildman–Crippen MR) is 73.4 cm³/mol. The van der Waals surface area contributed by atoms with Crippen molar-refractivity contribution in [2.45, 2.75) is 43.3 Å². The second-order valence-corrected chi connectivity index (χ2v) is 6.57. The monoisotopic (exact) mass is 309 g/mol. The van der Waals surface area contributed by atoms with Crippen molar-refractivity contribution in [2.75, 3.05) is 6.54 Å². The molecule has 2 heterocycles. The lowest BCUT2D eigenvalue weighted by Crippen LogP contribution is -2.51. The van der Waals surface area contributed by atoms with Gasteiger partial charge in [0.15, 0.2) is 5.03 Å². The third-order valence-electron chi connectivity index (χ3n) is 3.35. The molecule has 2 atom stereocenters. The Kier molecular flexibility index (Phi) is 5.31. The van der Waals surface area contributed by atoms with Crippen molar-refractivity contribution >= 4 is 22.4 Å². The first-order valence-electron chi connectivity index (χ1n) is 6.06. The molecular formula is C10H20ClN5O2S. The lowest BCUT2D eigenvalue weighted by Gasteiger charge is -2.36. The number of hydrogen-bond donors (Lipinski definition) is 1. The lowest BCUT2D eigenvalue weighted by atomic mass is 10.00. The van der Waals surface area contributed by atoms with Gasteiger partial charge in [0.2, 0.25) is 0 Å². The second-order valence-electron chi connectivity index (χ2n) is 4.73. The fraction of sp³-hybridized carbons (Fsp3) is 0.800. The second kappa shape index (κ2) is 6.17. The van der Waals surface area contributed by atoms with Crippen LogP contribution in [0.25, 0.3) is 0 Å². The van der Waals surface area contributed by atoms with Crippen LogP contribution in [-0.4, -0.2) is 46.3 Å². The Labute approximate surface area is 119 Å². The molecule has 0 aliphatic carbocycles. The fourth-order valence-corrected chi connectivity index (χ4v) is 4.20. The minimum atomic E-state index is -3.55. The first-order valence-corrected chi connectivity index (χ1v) is 7.50. The minimum absolute atomic E-state index is 0. The summed E-state index contributed by atoms with van der Waals surface area (Å²) in [7, 11) is -1.98. The van der Waals surface area contributed by atoms with E-state index in [1.807, 2.05) is 6.92 Å². The number of nitrogens with two attached hydrogens (primary N) is 1. The van der Waals surface area contributed by atoms with E-state index in [-0.39, 0.29) is 29.5 Å². The van der Waals surface area contributed by atoms with E-state index in [9.17, 15) is 8.42 Å². The van der Waals surface area contributed by atoms with E-state index >= 15 is 0 Å².